The van der Waals surface area contributed by atoms with Crippen molar-refractivity contribution in [2.75, 3.05) is 6.61 Å². The average molecular weight is 331 g/mol. The topological polar surface area (TPSA) is 58.6 Å². The van der Waals surface area contributed by atoms with Crippen molar-refractivity contribution in [2.24, 2.45) is 0 Å². The molecular formula is C19H22FNO3. The van der Waals surface area contributed by atoms with Gasteiger partial charge in [0.25, 0.3) is 0 Å². The minimum absolute atomic E-state index is 0.241. The number of hydrogen-bond donors (Lipinski definition) is 2. The van der Waals surface area contributed by atoms with E-state index in [1.807, 2.05) is 24.3 Å². The number of amides is 1. The highest BCUT2D eigenvalue weighted by molar-refractivity contribution is 5.69. The van der Waals surface area contributed by atoms with Crippen molar-refractivity contribution in [1.29, 1.82) is 0 Å². The van der Waals surface area contributed by atoms with Gasteiger partial charge in [0, 0.05) is 0 Å². The zero-order valence-electron chi connectivity index (χ0n) is 14.0. The summed E-state index contributed by atoms with van der Waals surface area (Å²) in [5.74, 6) is -0.280. The van der Waals surface area contributed by atoms with Gasteiger partial charge in [-0.05, 0) is 49.6 Å². The van der Waals surface area contributed by atoms with Crippen LogP contribution in [-0.4, -0.2) is 23.4 Å². The number of halogens is 1. The van der Waals surface area contributed by atoms with E-state index < -0.39 is 17.7 Å². The Morgan fingerprint density at radius 2 is 1.58 bits per heavy atom. The molecule has 0 unspecified atom stereocenters. The summed E-state index contributed by atoms with van der Waals surface area (Å²) in [5.41, 5.74) is 1.97. The van der Waals surface area contributed by atoms with Crippen molar-refractivity contribution in [3.63, 3.8) is 0 Å². The molecule has 5 heteroatoms. The monoisotopic (exact) mass is 331 g/mol. The molecule has 0 spiro atoms. The van der Waals surface area contributed by atoms with Crippen LogP contribution in [0.4, 0.5) is 9.18 Å². The summed E-state index contributed by atoms with van der Waals surface area (Å²) in [4.78, 5) is 11.8. The zero-order chi connectivity index (χ0) is 17.7. The van der Waals surface area contributed by atoms with E-state index in [-0.39, 0.29) is 12.4 Å². The molecule has 0 aliphatic carbocycles. The third kappa shape index (κ3) is 5.06. The van der Waals surface area contributed by atoms with Gasteiger partial charge in [-0.3, -0.25) is 0 Å². The van der Waals surface area contributed by atoms with Crippen molar-refractivity contribution in [3.05, 3.63) is 59.9 Å². The predicted octanol–water partition coefficient (Wildman–Crippen LogP) is 4.05. The minimum Gasteiger partial charge on any atom is -0.444 e. The molecule has 0 aliphatic heterocycles. The van der Waals surface area contributed by atoms with Crippen molar-refractivity contribution in [2.45, 2.75) is 32.4 Å². The maximum atomic E-state index is 13.0. The Hall–Kier alpha value is -2.40. The van der Waals surface area contributed by atoms with Crippen molar-refractivity contribution in [1.82, 2.24) is 5.32 Å². The van der Waals surface area contributed by atoms with E-state index in [4.69, 9.17) is 4.74 Å². The molecule has 0 aliphatic rings. The standard InChI is InChI=1S/C19H22FNO3/c1-19(2,3)24-18(23)21-17(12-22)15-6-4-13(5-7-15)14-8-10-16(20)11-9-14/h4-11,17,22H,12H2,1-3H3,(H,21,23)/t17-/m0/s1. The molecule has 0 saturated heterocycles. The van der Waals surface area contributed by atoms with Crippen LogP contribution in [0.2, 0.25) is 0 Å². The number of nitrogens with one attached hydrogen (secondary N) is 1. The lowest BCUT2D eigenvalue weighted by atomic mass is 10.0. The van der Waals surface area contributed by atoms with E-state index >= 15 is 0 Å². The largest absolute Gasteiger partial charge is 0.444 e. The number of ether oxygens (including phenoxy) is 1. The normalized spacial score (nSPS) is 12.5. The van der Waals surface area contributed by atoms with Crippen LogP contribution >= 0.6 is 0 Å². The highest BCUT2D eigenvalue weighted by atomic mass is 19.1. The first-order chi connectivity index (χ1) is 11.3. The van der Waals surface area contributed by atoms with Crippen LogP contribution in [0.15, 0.2) is 48.5 Å². The lowest BCUT2D eigenvalue weighted by molar-refractivity contribution is 0.0482. The van der Waals surface area contributed by atoms with Gasteiger partial charge in [-0.2, -0.15) is 0 Å². The molecule has 0 fully saturated rings. The summed E-state index contributed by atoms with van der Waals surface area (Å²) in [6.45, 7) is 5.09. The van der Waals surface area contributed by atoms with Crippen LogP contribution in [0.5, 0.6) is 0 Å². The van der Waals surface area contributed by atoms with Crippen LogP contribution in [0.1, 0.15) is 32.4 Å². The van der Waals surface area contributed by atoms with Gasteiger partial charge in [-0.25, -0.2) is 9.18 Å². The van der Waals surface area contributed by atoms with Gasteiger partial charge in [0.15, 0.2) is 0 Å². The summed E-state index contributed by atoms with van der Waals surface area (Å²) in [6.07, 6.45) is -0.579. The molecule has 24 heavy (non-hydrogen) atoms. The summed E-state index contributed by atoms with van der Waals surface area (Å²) in [7, 11) is 0. The Labute approximate surface area is 141 Å². The van der Waals surface area contributed by atoms with E-state index in [0.717, 1.165) is 16.7 Å². The number of aliphatic hydroxyl groups excluding tert-OH is 1. The molecule has 2 rings (SSSR count). The molecule has 0 heterocycles. The first-order valence-corrected chi connectivity index (χ1v) is 7.75. The van der Waals surface area contributed by atoms with Gasteiger partial charge in [0.1, 0.15) is 11.4 Å². The molecule has 0 radical (unpaired) electrons. The van der Waals surface area contributed by atoms with Gasteiger partial charge in [0.2, 0.25) is 0 Å². The summed E-state index contributed by atoms with van der Waals surface area (Å²) in [6, 6.07) is 13.0. The molecule has 2 aromatic carbocycles. The number of aliphatic hydroxyl groups is 1. The van der Waals surface area contributed by atoms with Crippen LogP contribution in [0, 0.1) is 5.82 Å². The highest BCUT2D eigenvalue weighted by Crippen LogP contribution is 2.22. The Kier molecular flexibility index (Phi) is 5.57. The maximum absolute atomic E-state index is 13.0. The smallest absolute Gasteiger partial charge is 0.408 e. The fourth-order valence-electron chi connectivity index (χ4n) is 2.23. The summed E-state index contributed by atoms with van der Waals surface area (Å²) in [5, 5.41) is 12.2. The molecule has 1 amide bonds. The molecule has 4 nitrogen and oxygen atoms in total. The molecule has 128 valence electrons. The van der Waals surface area contributed by atoms with Crippen LogP contribution in [0.25, 0.3) is 11.1 Å². The number of hydrogen-bond acceptors (Lipinski definition) is 3. The SMILES string of the molecule is CC(C)(C)OC(=O)N[C@@H](CO)c1ccc(-c2ccc(F)cc2)cc1. The van der Waals surface area contributed by atoms with Gasteiger partial charge >= 0.3 is 6.09 Å². The number of rotatable bonds is 4. The Morgan fingerprint density at radius 1 is 1.08 bits per heavy atom. The second kappa shape index (κ2) is 7.45. The van der Waals surface area contributed by atoms with Gasteiger partial charge in [-0.15, -0.1) is 0 Å². The van der Waals surface area contributed by atoms with Gasteiger partial charge in [0.05, 0.1) is 12.6 Å². The van der Waals surface area contributed by atoms with Gasteiger partial charge in [-0.1, -0.05) is 36.4 Å². The van der Waals surface area contributed by atoms with E-state index in [0.29, 0.717) is 0 Å². The zero-order valence-corrected chi connectivity index (χ0v) is 14.0. The maximum Gasteiger partial charge on any atom is 0.408 e. The number of alkyl carbamates (subject to hydrolysis) is 1. The molecule has 1 atom stereocenters. The second-order valence-corrected chi connectivity index (χ2v) is 6.51. The fraction of sp³-hybridized carbons (Fsp3) is 0.316. The number of benzene rings is 2. The second-order valence-electron chi connectivity index (χ2n) is 6.51. The van der Waals surface area contributed by atoms with Crippen molar-refractivity contribution >= 4 is 6.09 Å². The van der Waals surface area contributed by atoms with Crippen molar-refractivity contribution in [3.8, 4) is 11.1 Å². The molecule has 0 bridgehead atoms. The molecule has 2 N–H and O–H groups in total. The lowest BCUT2D eigenvalue weighted by Crippen LogP contribution is -2.36. The molecule has 0 aromatic heterocycles. The third-order valence-corrected chi connectivity index (χ3v) is 3.36. The third-order valence-electron chi connectivity index (χ3n) is 3.36. The molecular weight excluding hydrogens is 309 g/mol. The van der Waals surface area contributed by atoms with Crippen LogP contribution in [0.3, 0.4) is 0 Å². The average Bonchev–Trinajstić information content (AvgIpc) is 2.52. The number of carbonyl (C=O) groups excluding carboxylic acids is 1. The Balaban J connectivity index is 2.10. The first-order valence-electron chi connectivity index (χ1n) is 7.75. The molecule has 0 saturated carbocycles. The lowest BCUT2D eigenvalue weighted by Gasteiger charge is -2.23. The fourth-order valence-corrected chi connectivity index (χ4v) is 2.23. The summed E-state index contributed by atoms with van der Waals surface area (Å²) < 4.78 is 18.2. The van der Waals surface area contributed by atoms with E-state index in [1.54, 1.807) is 32.9 Å². The Morgan fingerprint density at radius 3 is 2.04 bits per heavy atom. The number of carbonyl (C=O) groups is 1. The van der Waals surface area contributed by atoms with Crippen LogP contribution < -0.4 is 5.32 Å². The van der Waals surface area contributed by atoms with E-state index in [9.17, 15) is 14.3 Å². The van der Waals surface area contributed by atoms with Gasteiger partial charge < -0.3 is 15.2 Å². The van der Waals surface area contributed by atoms with E-state index in [1.165, 1.54) is 12.1 Å². The van der Waals surface area contributed by atoms with Crippen LogP contribution in [-0.2, 0) is 4.74 Å². The Bertz CT molecular complexity index is 675. The first kappa shape index (κ1) is 17.9. The van der Waals surface area contributed by atoms with Crippen molar-refractivity contribution < 1.29 is 19.0 Å². The quantitative estimate of drug-likeness (QED) is 0.888. The highest BCUT2D eigenvalue weighted by Gasteiger charge is 2.20. The van der Waals surface area contributed by atoms with E-state index in [2.05, 4.69) is 5.32 Å². The summed E-state index contributed by atoms with van der Waals surface area (Å²) >= 11 is 0. The predicted molar refractivity (Wildman–Crippen MR) is 91.0 cm³/mol. The minimum atomic E-state index is -0.601. The molecule has 2 aromatic rings.